The van der Waals surface area contributed by atoms with Crippen molar-refractivity contribution in [3.05, 3.63) is 29.6 Å². The van der Waals surface area contributed by atoms with Gasteiger partial charge in [0.2, 0.25) is 0 Å². The van der Waals surface area contributed by atoms with Gasteiger partial charge < -0.3 is 5.32 Å². The van der Waals surface area contributed by atoms with E-state index in [4.69, 9.17) is 0 Å². The predicted octanol–water partition coefficient (Wildman–Crippen LogP) is 3.45. The zero-order valence-electron chi connectivity index (χ0n) is 11.3. The van der Waals surface area contributed by atoms with Crippen LogP contribution >= 0.6 is 0 Å². The molecule has 94 valence electrons. The lowest BCUT2D eigenvalue weighted by Gasteiger charge is -2.34. The van der Waals surface area contributed by atoms with Crippen molar-refractivity contribution < 1.29 is 0 Å². The number of rotatable bonds is 3. The van der Waals surface area contributed by atoms with Gasteiger partial charge in [-0.3, -0.25) is 4.98 Å². The fourth-order valence-corrected chi connectivity index (χ4v) is 2.55. The van der Waals surface area contributed by atoms with Crippen molar-refractivity contribution >= 4 is 0 Å². The molecular formula is C15H24N2. The maximum atomic E-state index is 4.43. The van der Waals surface area contributed by atoms with Gasteiger partial charge in [0, 0.05) is 18.8 Å². The average molecular weight is 232 g/mol. The van der Waals surface area contributed by atoms with Gasteiger partial charge >= 0.3 is 0 Å². The van der Waals surface area contributed by atoms with E-state index in [0.29, 0.717) is 11.5 Å². The quantitative estimate of drug-likeness (QED) is 0.863. The Labute approximate surface area is 105 Å². The molecule has 1 aliphatic carbocycles. The van der Waals surface area contributed by atoms with Gasteiger partial charge in [0.25, 0.3) is 0 Å². The van der Waals surface area contributed by atoms with Crippen molar-refractivity contribution in [2.24, 2.45) is 5.41 Å². The molecule has 0 spiro atoms. The summed E-state index contributed by atoms with van der Waals surface area (Å²) in [5.74, 6) is 0. The minimum Gasteiger partial charge on any atom is -0.308 e. The summed E-state index contributed by atoms with van der Waals surface area (Å²) in [5.41, 5.74) is 3.03. The smallest absolute Gasteiger partial charge is 0.0570 e. The molecule has 1 fully saturated rings. The molecule has 0 atom stereocenters. The Balaban J connectivity index is 1.82. The Kier molecular flexibility index (Phi) is 3.82. The Hall–Kier alpha value is -0.890. The van der Waals surface area contributed by atoms with E-state index in [0.717, 1.165) is 6.54 Å². The number of pyridine rings is 1. The van der Waals surface area contributed by atoms with Crippen LogP contribution in [0.25, 0.3) is 0 Å². The summed E-state index contributed by atoms with van der Waals surface area (Å²) in [6.45, 7) is 7.81. The van der Waals surface area contributed by atoms with Crippen LogP contribution in [0.15, 0.2) is 18.3 Å². The van der Waals surface area contributed by atoms with Crippen LogP contribution < -0.4 is 5.32 Å². The highest BCUT2D eigenvalue weighted by Gasteiger charge is 2.26. The second-order valence-electron chi connectivity index (χ2n) is 6.09. The molecular weight excluding hydrogens is 208 g/mol. The van der Waals surface area contributed by atoms with Crippen molar-refractivity contribution in [3.63, 3.8) is 0 Å². The van der Waals surface area contributed by atoms with E-state index in [-0.39, 0.29) is 0 Å². The maximum Gasteiger partial charge on any atom is 0.0570 e. The molecule has 0 bridgehead atoms. The van der Waals surface area contributed by atoms with E-state index in [1.165, 1.54) is 36.9 Å². The third-order valence-electron chi connectivity index (χ3n) is 4.02. The van der Waals surface area contributed by atoms with Gasteiger partial charge in [-0.1, -0.05) is 19.9 Å². The molecule has 0 amide bonds. The molecule has 1 heterocycles. The Morgan fingerprint density at radius 1 is 1.35 bits per heavy atom. The minimum atomic E-state index is 0.555. The lowest BCUT2D eigenvalue weighted by molar-refractivity contribution is 0.205. The third-order valence-corrected chi connectivity index (χ3v) is 4.02. The van der Waals surface area contributed by atoms with Crippen LogP contribution in [0.2, 0.25) is 0 Å². The van der Waals surface area contributed by atoms with E-state index in [9.17, 15) is 0 Å². The molecule has 2 heteroatoms. The Bertz CT molecular complexity index is 361. The SMILES string of the molecule is Cc1cccnc1CNC1CCC(C)(C)CC1. The summed E-state index contributed by atoms with van der Waals surface area (Å²) in [6.07, 6.45) is 7.17. The van der Waals surface area contributed by atoms with Crippen LogP contribution in [0.4, 0.5) is 0 Å². The Morgan fingerprint density at radius 2 is 2.06 bits per heavy atom. The van der Waals surface area contributed by atoms with E-state index in [1.807, 2.05) is 12.3 Å². The molecule has 1 aliphatic rings. The minimum absolute atomic E-state index is 0.555. The van der Waals surface area contributed by atoms with E-state index >= 15 is 0 Å². The number of nitrogens with zero attached hydrogens (tertiary/aromatic N) is 1. The first-order valence-corrected chi connectivity index (χ1v) is 6.71. The summed E-state index contributed by atoms with van der Waals surface area (Å²) in [7, 11) is 0. The van der Waals surface area contributed by atoms with Crippen LogP contribution in [0, 0.1) is 12.3 Å². The first kappa shape index (κ1) is 12.6. The highest BCUT2D eigenvalue weighted by atomic mass is 14.9. The molecule has 1 aromatic heterocycles. The predicted molar refractivity (Wildman–Crippen MR) is 71.9 cm³/mol. The van der Waals surface area contributed by atoms with Gasteiger partial charge in [-0.2, -0.15) is 0 Å². The van der Waals surface area contributed by atoms with Crippen LogP contribution in [-0.2, 0) is 6.54 Å². The topological polar surface area (TPSA) is 24.9 Å². The molecule has 0 saturated heterocycles. The second kappa shape index (κ2) is 5.18. The van der Waals surface area contributed by atoms with Crippen LogP contribution in [-0.4, -0.2) is 11.0 Å². The first-order chi connectivity index (χ1) is 8.07. The highest BCUT2D eigenvalue weighted by Crippen LogP contribution is 2.35. The lowest BCUT2D eigenvalue weighted by atomic mass is 9.75. The van der Waals surface area contributed by atoms with Crippen LogP contribution in [0.5, 0.6) is 0 Å². The largest absolute Gasteiger partial charge is 0.308 e. The van der Waals surface area contributed by atoms with E-state index < -0.39 is 0 Å². The molecule has 17 heavy (non-hydrogen) atoms. The molecule has 0 aliphatic heterocycles. The summed E-state index contributed by atoms with van der Waals surface area (Å²) >= 11 is 0. The number of aryl methyl sites for hydroxylation is 1. The summed E-state index contributed by atoms with van der Waals surface area (Å²) in [4.78, 5) is 4.43. The molecule has 0 radical (unpaired) electrons. The third kappa shape index (κ3) is 3.53. The van der Waals surface area contributed by atoms with Crippen molar-refractivity contribution in [1.29, 1.82) is 0 Å². The van der Waals surface area contributed by atoms with Gasteiger partial charge in [-0.05, 0) is 49.7 Å². The van der Waals surface area contributed by atoms with E-state index in [2.05, 4.69) is 37.1 Å². The van der Waals surface area contributed by atoms with Gasteiger partial charge in [0.05, 0.1) is 5.69 Å². The monoisotopic (exact) mass is 232 g/mol. The summed E-state index contributed by atoms with van der Waals surface area (Å²) < 4.78 is 0. The second-order valence-corrected chi connectivity index (χ2v) is 6.09. The standard InChI is InChI=1S/C15H24N2/c1-12-5-4-10-16-14(12)11-17-13-6-8-15(2,3)9-7-13/h4-5,10,13,17H,6-9,11H2,1-3H3. The number of hydrogen-bond acceptors (Lipinski definition) is 2. The van der Waals surface area contributed by atoms with Gasteiger partial charge in [-0.25, -0.2) is 0 Å². The van der Waals surface area contributed by atoms with Gasteiger partial charge in [0.15, 0.2) is 0 Å². The molecule has 1 saturated carbocycles. The zero-order valence-corrected chi connectivity index (χ0v) is 11.3. The number of hydrogen-bond donors (Lipinski definition) is 1. The van der Waals surface area contributed by atoms with Crippen LogP contribution in [0.1, 0.15) is 50.8 Å². The molecule has 1 N–H and O–H groups in total. The highest BCUT2D eigenvalue weighted by molar-refractivity contribution is 5.17. The molecule has 0 aromatic carbocycles. The van der Waals surface area contributed by atoms with Gasteiger partial charge in [0.1, 0.15) is 0 Å². The van der Waals surface area contributed by atoms with Crippen LogP contribution in [0.3, 0.4) is 0 Å². The molecule has 2 nitrogen and oxygen atoms in total. The van der Waals surface area contributed by atoms with Crippen molar-refractivity contribution in [3.8, 4) is 0 Å². The van der Waals surface area contributed by atoms with Gasteiger partial charge in [-0.15, -0.1) is 0 Å². The Morgan fingerprint density at radius 3 is 2.71 bits per heavy atom. The molecule has 1 aromatic rings. The first-order valence-electron chi connectivity index (χ1n) is 6.71. The number of aromatic nitrogens is 1. The van der Waals surface area contributed by atoms with Crippen molar-refractivity contribution in [2.45, 2.75) is 59.0 Å². The molecule has 0 unspecified atom stereocenters. The summed E-state index contributed by atoms with van der Waals surface area (Å²) in [6, 6.07) is 4.82. The average Bonchev–Trinajstić information content (AvgIpc) is 2.30. The lowest BCUT2D eigenvalue weighted by Crippen LogP contribution is -2.35. The molecule has 2 rings (SSSR count). The normalized spacial score (nSPS) is 20.4. The van der Waals surface area contributed by atoms with Crippen molar-refractivity contribution in [1.82, 2.24) is 10.3 Å². The summed E-state index contributed by atoms with van der Waals surface area (Å²) in [5, 5.41) is 3.65. The fraction of sp³-hybridized carbons (Fsp3) is 0.667. The van der Waals surface area contributed by atoms with E-state index in [1.54, 1.807) is 0 Å². The fourth-order valence-electron chi connectivity index (χ4n) is 2.55. The number of nitrogens with one attached hydrogen (secondary N) is 1. The van der Waals surface area contributed by atoms with Crippen molar-refractivity contribution in [2.75, 3.05) is 0 Å². The zero-order chi connectivity index (χ0) is 12.3. The maximum absolute atomic E-state index is 4.43.